The second kappa shape index (κ2) is 7.41. The summed E-state index contributed by atoms with van der Waals surface area (Å²) in [7, 11) is 4.09. The van der Waals surface area contributed by atoms with Gasteiger partial charge in [-0.15, -0.1) is 0 Å². The third kappa shape index (κ3) is 5.88. The molecule has 94 valence electrons. The van der Waals surface area contributed by atoms with E-state index in [1.807, 2.05) is 14.1 Å². The zero-order chi connectivity index (χ0) is 12.7. The second-order valence-electron chi connectivity index (χ2n) is 4.39. The van der Waals surface area contributed by atoms with Crippen molar-refractivity contribution in [2.75, 3.05) is 33.7 Å². The van der Waals surface area contributed by atoms with Gasteiger partial charge in [0, 0.05) is 24.7 Å². The van der Waals surface area contributed by atoms with Crippen LogP contribution in [-0.4, -0.2) is 60.6 Å². The Balaban J connectivity index is 4.30. The largest absolute Gasteiger partial charge is 0.478 e. The predicted molar refractivity (Wildman–Crippen MR) is 66.7 cm³/mol. The summed E-state index contributed by atoms with van der Waals surface area (Å²) < 4.78 is 0. The maximum absolute atomic E-state index is 10.7. The molecule has 0 amide bonds. The third-order valence-corrected chi connectivity index (χ3v) is 2.63. The summed E-state index contributed by atoms with van der Waals surface area (Å²) in [6.07, 6.45) is 1.78. The number of hydrogen-bond donors (Lipinski definition) is 1. The van der Waals surface area contributed by atoms with Gasteiger partial charge in [-0.1, -0.05) is 13.0 Å². The van der Waals surface area contributed by atoms with Crippen LogP contribution < -0.4 is 0 Å². The van der Waals surface area contributed by atoms with Crippen molar-refractivity contribution in [1.82, 2.24) is 9.80 Å². The van der Waals surface area contributed by atoms with E-state index >= 15 is 0 Å². The summed E-state index contributed by atoms with van der Waals surface area (Å²) in [5, 5.41) is 8.76. The normalized spacial score (nSPS) is 14.6. The van der Waals surface area contributed by atoms with Crippen molar-refractivity contribution < 1.29 is 9.90 Å². The summed E-state index contributed by atoms with van der Waals surface area (Å²) in [5.41, 5.74) is 0.413. The fourth-order valence-corrected chi connectivity index (χ4v) is 1.61. The Bertz CT molecular complexity index is 249. The smallest absolute Gasteiger partial charge is 0.330 e. The highest BCUT2D eigenvalue weighted by Crippen LogP contribution is 2.02. The van der Waals surface area contributed by atoms with Gasteiger partial charge < -0.3 is 10.0 Å². The molecule has 4 nitrogen and oxygen atoms in total. The number of carboxylic acids is 1. The highest BCUT2D eigenvalue weighted by Gasteiger charge is 2.11. The molecule has 0 aliphatic heterocycles. The van der Waals surface area contributed by atoms with E-state index in [1.54, 1.807) is 13.0 Å². The van der Waals surface area contributed by atoms with Crippen LogP contribution in [0.5, 0.6) is 0 Å². The summed E-state index contributed by atoms with van der Waals surface area (Å²) in [4.78, 5) is 15.0. The summed E-state index contributed by atoms with van der Waals surface area (Å²) in [6, 6.07) is 0.429. The fraction of sp³-hybridized carbons (Fsp3) is 0.750. The monoisotopic (exact) mass is 228 g/mol. The van der Waals surface area contributed by atoms with E-state index in [0.717, 1.165) is 13.1 Å². The van der Waals surface area contributed by atoms with Crippen LogP contribution in [0.3, 0.4) is 0 Å². The van der Waals surface area contributed by atoms with Gasteiger partial charge in [-0.2, -0.15) is 0 Å². The first-order valence-electron chi connectivity index (χ1n) is 5.67. The first kappa shape index (κ1) is 15.1. The van der Waals surface area contributed by atoms with Crippen LogP contribution in [0.15, 0.2) is 11.6 Å². The summed E-state index contributed by atoms with van der Waals surface area (Å²) in [5.74, 6) is -0.837. The van der Waals surface area contributed by atoms with E-state index in [0.29, 0.717) is 18.2 Å². The number of carbonyl (C=O) groups is 1. The first-order valence-corrected chi connectivity index (χ1v) is 5.67. The van der Waals surface area contributed by atoms with Crippen molar-refractivity contribution >= 4 is 5.97 Å². The van der Waals surface area contributed by atoms with E-state index in [-0.39, 0.29) is 0 Å². The Kier molecular flexibility index (Phi) is 7.01. The average molecular weight is 228 g/mol. The number of aliphatic carboxylic acids is 1. The van der Waals surface area contributed by atoms with Gasteiger partial charge in [0.25, 0.3) is 0 Å². The number of carboxylic acid groups (broad SMARTS) is 1. The zero-order valence-corrected chi connectivity index (χ0v) is 11.0. The van der Waals surface area contributed by atoms with Gasteiger partial charge in [0.15, 0.2) is 0 Å². The summed E-state index contributed by atoms with van der Waals surface area (Å²) >= 11 is 0. The molecule has 0 aromatic heterocycles. The van der Waals surface area contributed by atoms with Gasteiger partial charge in [-0.25, -0.2) is 4.79 Å². The van der Waals surface area contributed by atoms with Crippen LogP contribution in [-0.2, 0) is 4.79 Å². The molecule has 1 unspecified atom stereocenters. The minimum atomic E-state index is -0.837. The highest BCUT2D eigenvalue weighted by molar-refractivity contribution is 5.85. The minimum Gasteiger partial charge on any atom is -0.478 e. The molecule has 0 rings (SSSR count). The summed E-state index contributed by atoms with van der Waals surface area (Å²) in [6.45, 7) is 8.49. The second-order valence-corrected chi connectivity index (χ2v) is 4.39. The molecule has 1 N–H and O–H groups in total. The third-order valence-electron chi connectivity index (χ3n) is 2.63. The van der Waals surface area contributed by atoms with Crippen LogP contribution in [0.2, 0.25) is 0 Å². The molecule has 0 saturated heterocycles. The van der Waals surface area contributed by atoms with Gasteiger partial charge in [-0.3, -0.25) is 4.90 Å². The first-order chi connectivity index (χ1) is 7.38. The molecule has 0 aliphatic rings. The quantitative estimate of drug-likeness (QED) is 0.667. The lowest BCUT2D eigenvalue weighted by Crippen LogP contribution is -2.40. The number of hydrogen-bond acceptors (Lipinski definition) is 3. The highest BCUT2D eigenvalue weighted by atomic mass is 16.4. The lowest BCUT2D eigenvalue weighted by atomic mass is 10.2. The zero-order valence-electron chi connectivity index (χ0n) is 11.0. The lowest BCUT2D eigenvalue weighted by molar-refractivity contribution is -0.132. The SMILES string of the molecule is CCN(C/C=C(/C)C(=O)O)C(C)CN(C)C. The van der Waals surface area contributed by atoms with Crippen molar-refractivity contribution in [1.29, 1.82) is 0 Å². The van der Waals surface area contributed by atoms with Crippen molar-refractivity contribution in [2.45, 2.75) is 26.8 Å². The van der Waals surface area contributed by atoms with E-state index in [4.69, 9.17) is 5.11 Å². The molecule has 0 fully saturated rings. The Hall–Kier alpha value is -0.870. The van der Waals surface area contributed by atoms with Gasteiger partial charge in [0.1, 0.15) is 0 Å². The van der Waals surface area contributed by atoms with E-state index in [1.165, 1.54) is 0 Å². The maximum Gasteiger partial charge on any atom is 0.330 e. The molecule has 0 heterocycles. The minimum absolute atomic E-state index is 0.413. The van der Waals surface area contributed by atoms with Crippen molar-refractivity contribution in [3.8, 4) is 0 Å². The van der Waals surface area contributed by atoms with Crippen LogP contribution in [0.1, 0.15) is 20.8 Å². The molecule has 0 spiro atoms. The number of likely N-dealkylation sites (N-methyl/N-ethyl adjacent to an activating group) is 2. The van der Waals surface area contributed by atoms with E-state index in [9.17, 15) is 4.79 Å². The maximum atomic E-state index is 10.7. The molecule has 0 radical (unpaired) electrons. The number of nitrogens with zero attached hydrogens (tertiary/aromatic N) is 2. The predicted octanol–water partition coefficient (Wildman–Crippen LogP) is 1.29. The van der Waals surface area contributed by atoms with Crippen molar-refractivity contribution in [3.05, 3.63) is 11.6 Å². The Morgan fingerprint density at radius 1 is 1.44 bits per heavy atom. The van der Waals surface area contributed by atoms with Crippen LogP contribution >= 0.6 is 0 Å². The van der Waals surface area contributed by atoms with Crippen LogP contribution in [0.25, 0.3) is 0 Å². The molecular weight excluding hydrogens is 204 g/mol. The van der Waals surface area contributed by atoms with E-state index < -0.39 is 5.97 Å². The standard InChI is InChI=1S/C12H24N2O2/c1-6-14(11(3)9-13(4)5)8-7-10(2)12(15)16/h7,11H,6,8-9H2,1-5H3,(H,15,16)/b10-7-. The molecule has 1 atom stereocenters. The van der Waals surface area contributed by atoms with Crippen LogP contribution in [0.4, 0.5) is 0 Å². The lowest BCUT2D eigenvalue weighted by Gasteiger charge is -2.29. The number of rotatable bonds is 7. The molecule has 4 heteroatoms. The molecule has 0 saturated carbocycles. The fourth-order valence-electron chi connectivity index (χ4n) is 1.61. The van der Waals surface area contributed by atoms with Crippen molar-refractivity contribution in [3.63, 3.8) is 0 Å². The molecule has 0 bridgehead atoms. The molecule has 0 aromatic rings. The molecule has 0 aromatic carbocycles. The molecule has 16 heavy (non-hydrogen) atoms. The molecular formula is C12H24N2O2. The van der Waals surface area contributed by atoms with Gasteiger partial charge in [0.05, 0.1) is 0 Å². The average Bonchev–Trinajstić information content (AvgIpc) is 2.16. The Morgan fingerprint density at radius 3 is 2.38 bits per heavy atom. The topological polar surface area (TPSA) is 43.8 Å². The van der Waals surface area contributed by atoms with Gasteiger partial charge in [0.2, 0.25) is 0 Å². The van der Waals surface area contributed by atoms with E-state index in [2.05, 4.69) is 23.6 Å². The van der Waals surface area contributed by atoms with Crippen LogP contribution in [0, 0.1) is 0 Å². The van der Waals surface area contributed by atoms with Crippen molar-refractivity contribution in [2.24, 2.45) is 0 Å². The Labute approximate surface area is 98.5 Å². The van der Waals surface area contributed by atoms with Gasteiger partial charge >= 0.3 is 5.97 Å². The molecule has 0 aliphatic carbocycles. The Morgan fingerprint density at radius 2 is 2.00 bits per heavy atom. The van der Waals surface area contributed by atoms with Gasteiger partial charge in [-0.05, 0) is 34.5 Å².